The second-order valence-electron chi connectivity index (χ2n) is 5.07. The smallest absolute Gasteiger partial charge is 0.323 e. The summed E-state index contributed by atoms with van der Waals surface area (Å²) < 4.78 is 0. The van der Waals surface area contributed by atoms with E-state index in [4.69, 9.17) is 5.11 Å². The lowest BCUT2D eigenvalue weighted by Gasteiger charge is -2.20. The van der Waals surface area contributed by atoms with Crippen LogP contribution in [-0.4, -0.2) is 39.4 Å². The summed E-state index contributed by atoms with van der Waals surface area (Å²) in [5.74, 6) is -1.24. The zero-order valence-corrected chi connectivity index (χ0v) is 11.4. The van der Waals surface area contributed by atoms with Gasteiger partial charge in [0.2, 0.25) is 5.91 Å². The van der Waals surface area contributed by atoms with Crippen LogP contribution in [0.5, 0.6) is 0 Å². The van der Waals surface area contributed by atoms with Gasteiger partial charge in [-0.3, -0.25) is 19.7 Å². The highest BCUT2D eigenvalue weighted by Gasteiger charge is 2.33. The summed E-state index contributed by atoms with van der Waals surface area (Å²) in [6.45, 7) is -0.279. The number of hydrogen-bond donors (Lipinski definition) is 1. The third kappa shape index (κ3) is 4.27. The van der Waals surface area contributed by atoms with Gasteiger partial charge in [0.05, 0.1) is 4.92 Å². The van der Waals surface area contributed by atoms with Gasteiger partial charge in [0, 0.05) is 24.6 Å². The normalized spacial score (nSPS) is 13.7. The first kappa shape index (κ1) is 15.0. The van der Waals surface area contributed by atoms with Gasteiger partial charge in [-0.15, -0.1) is 0 Å². The highest BCUT2D eigenvalue weighted by Crippen LogP contribution is 2.27. The molecule has 0 bridgehead atoms. The van der Waals surface area contributed by atoms with Gasteiger partial charge in [0.15, 0.2) is 0 Å². The Hall–Kier alpha value is -2.44. The molecule has 1 aromatic rings. The van der Waals surface area contributed by atoms with E-state index in [1.54, 1.807) is 12.1 Å². The number of carboxylic acid groups (broad SMARTS) is 1. The van der Waals surface area contributed by atoms with Crippen LogP contribution in [0.1, 0.15) is 24.8 Å². The summed E-state index contributed by atoms with van der Waals surface area (Å²) in [5, 5.41) is 19.5. The molecule has 0 heterocycles. The topological polar surface area (TPSA) is 101 Å². The lowest BCUT2D eigenvalue weighted by atomic mass is 10.1. The molecule has 112 valence electrons. The van der Waals surface area contributed by atoms with Gasteiger partial charge in [-0.05, 0) is 24.8 Å². The Balaban J connectivity index is 1.94. The Kier molecular flexibility index (Phi) is 4.52. The molecule has 1 aromatic carbocycles. The van der Waals surface area contributed by atoms with Gasteiger partial charge in [0.1, 0.15) is 6.54 Å². The number of hydrogen-bond acceptors (Lipinski definition) is 4. The van der Waals surface area contributed by atoms with E-state index in [1.807, 2.05) is 0 Å². The minimum atomic E-state index is -1.02. The monoisotopic (exact) mass is 292 g/mol. The van der Waals surface area contributed by atoms with Crippen molar-refractivity contribution in [2.24, 2.45) is 0 Å². The second-order valence-corrected chi connectivity index (χ2v) is 5.07. The van der Waals surface area contributed by atoms with Crippen molar-refractivity contribution in [1.29, 1.82) is 0 Å². The SMILES string of the molecule is O=C(O)CN(C(=O)CCc1cccc([N+](=O)[O-])c1)C1CC1. The Morgan fingerprint density at radius 2 is 2.10 bits per heavy atom. The largest absolute Gasteiger partial charge is 0.480 e. The molecule has 1 amide bonds. The third-order valence-electron chi connectivity index (χ3n) is 3.36. The molecule has 1 saturated carbocycles. The molecule has 7 nitrogen and oxygen atoms in total. The van der Waals surface area contributed by atoms with Gasteiger partial charge in [-0.2, -0.15) is 0 Å². The van der Waals surface area contributed by atoms with E-state index < -0.39 is 10.9 Å². The van der Waals surface area contributed by atoms with E-state index in [-0.39, 0.29) is 30.6 Å². The molecule has 0 saturated heterocycles. The lowest BCUT2D eigenvalue weighted by molar-refractivity contribution is -0.384. The van der Waals surface area contributed by atoms with Gasteiger partial charge in [-0.25, -0.2) is 0 Å². The Morgan fingerprint density at radius 3 is 2.67 bits per heavy atom. The van der Waals surface area contributed by atoms with Crippen molar-refractivity contribution in [2.45, 2.75) is 31.7 Å². The average molecular weight is 292 g/mol. The summed E-state index contributed by atoms with van der Waals surface area (Å²) in [6.07, 6.45) is 2.21. The zero-order chi connectivity index (χ0) is 15.4. The van der Waals surface area contributed by atoms with E-state index in [0.29, 0.717) is 12.0 Å². The van der Waals surface area contributed by atoms with E-state index in [0.717, 1.165) is 12.8 Å². The molecule has 2 rings (SSSR count). The minimum Gasteiger partial charge on any atom is -0.480 e. The van der Waals surface area contributed by atoms with Crippen molar-refractivity contribution in [3.63, 3.8) is 0 Å². The molecule has 1 aliphatic rings. The first-order valence-electron chi connectivity index (χ1n) is 6.72. The number of nitrogens with zero attached hydrogens (tertiary/aromatic N) is 2. The molecule has 7 heteroatoms. The molecule has 0 atom stereocenters. The summed E-state index contributed by atoms with van der Waals surface area (Å²) in [5.41, 5.74) is 0.688. The molecule has 0 unspecified atom stereocenters. The Bertz CT molecular complexity index is 568. The third-order valence-corrected chi connectivity index (χ3v) is 3.36. The van der Waals surface area contributed by atoms with Crippen LogP contribution < -0.4 is 0 Å². The number of carboxylic acids is 1. The number of non-ortho nitro benzene ring substituents is 1. The number of nitro benzene ring substituents is 1. The number of benzene rings is 1. The molecule has 1 aliphatic carbocycles. The maximum atomic E-state index is 12.1. The Morgan fingerprint density at radius 1 is 1.38 bits per heavy atom. The maximum absolute atomic E-state index is 12.1. The fourth-order valence-electron chi connectivity index (χ4n) is 2.17. The van der Waals surface area contributed by atoms with Crippen LogP contribution in [0.4, 0.5) is 5.69 Å². The second kappa shape index (κ2) is 6.34. The first-order valence-corrected chi connectivity index (χ1v) is 6.72. The number of carbonyl (C=O) groups excluding carboxylic acids is 1. The van der Waals surface area contributed by atoms with Crippen LogP contribution in [-0.2, 0) is 16.0 Å². The standard InChI is InChI=1S/C14H16N2O5/c17-13(15(9-14(18)19)11-5-6-11)7-4-10-2-1-3-12(8-10)16(20)21/h1-3,8,11H,4-7,9H2,(H,18,19). The molecule has 0 aromatic heterocycles. The highest BCUT2D eigenvalue weighted by atomic mass is 16.6. The minimum absolute atomic E-state index is 0.00969. The number of rotatable bonds is 7. The Labute approximate surface area is 121 Å². The fourth-order valence-corrected chi connectivity index (χ4v) is 2.17. The van der Waals surface area contributed by atoms with Crippen molar-refractivity contribution < 1.29 is 19.6 Å². The highest BCUT2D eigenvalue weighted by molar-refractivity contribution is 5.82. The van der Waals surface area contributed by atoms with Crippen molar-refractivity contribution in [2.75, 3.05) is 6.54 Å². The molecule has 21 heavy (non-hydrogen) atoms. The van der Waals surface area contributed by atoms with Crippen LogP contribution in [0, 0.1) is 10.1 Å². The average Bonchev–Trinajstić information content (AvgIpc) is 3.26. The summed E-state index contributed by atoms with van der Waals surface area (Å²) in [6, 6.07) is 6.17. The van der Waals surface area contributed by atoms with Crippen LogP contribution >= 0.6 is 0 Å². The predicted octanol–water partition coefficient (Wildman–Crippen LogP) is 1.60. The van der Waals surface area contributed by atoms with Crippen LogP contribution in [0.25, 0.3) is 0 Å². The quantitative estimate of drug-likeness (QED) is 0.607. The summed E-state index contributed by atoms with van der Waals surface area (Å²) in [4.78, 5) is 34.4. The van der Waals surface area contributed by atoms with Gasteiger partial charge < -0.3 is 10.0 Å². The van der Waals surface area contributed by atoms with Crippen LogP contribution in [0.2, 0.25) is 0 Å². The molecule has 0 radical (unpaired) electrons. The molecular formula is C14H16N2O5. The van der Waals surface area contributed by atoms with Gasteiger partial charge >= 0.3 is 5.97 Å². The number of carbonyl (C=O) groups is 2. The lowest BCUT2D eigenvalue weighted by Crippen LogP contribution is -2.37. The summed E-state index contributed by atoms with van der Waals surface area (Å²) in [7, 11) is 0. The van der Waals surface area contributed by atoms with E-state index in [1.165, 1.54) is 17.0 Å². The van der Waals surface area contributed by atoms with Crippen LogP contribution in [0.3, 0.4) is 0 Å². The number of nitro groups is 1. The molecular weight excluding hydrogens is 276 g/mol. The first-order chi connectivity index (χ1) is 9.97. The molecule has 0 aliphatic heterocycles. The molecule has 1 fully saturated rings. The van der Waals surface area contributed by atoms with Gasteiger partial charge in [-0.1, -0.05) is 12.1 Å². The number of amides is 1. The maximum Gasteiger partial charge on any atom is 0.323 e. The number of aryl methyl sites for hydroxylation is 1. The zero-order valence-electron chi connectivity index (χ0n) is 11.4. The van der Waals surface area contributed by atoms with E-state index >= 15 is 0 Å². The van der Waals surface area contributed by atoms with Crippen molar-refractivity contribution in [3.05, 3.63) is 39.9 Å². The molecule has 1 N–H and O–H groups in total. The van der Waals surface area contributed by atoms with E-state index in [2.05, 4.69) is 0 Å². The van der Waals surface area contributed by atoms with E-state index in [9.17, 15) is 19.7 Å². The van der Waals surface area contributed by atoms with Crippen molar-refractivity contribution >= 4 is 17.6 Å². The summed E-state index contributed by atoms with van der Waals surface area (Å²) >= 11 is 0. The predicted molar refractivity (Wildman–Crippen MR) is 73.8 cm³/mol. The van der Waals surface area contributed by atoms with Crippen molar-refractivity contribution in [3.8, 4) is 0 Å². The molecule has 0 spiro atoms. The number of aliphatic carboxylic acids is 1. The van der Waals surface area contributed by atoms with Crippen LogP contribution in [0.15, 0.2) is 24.3 Å². The van der Waals surface area contributed by atoms with Gasteiger partial charge in [0.25, 0.3) is 5.69 Å². The fraction of sp³-hybridized carbons (Fsp3) is 0.429. The van der Waals surface area contributed by atoms with Crippen molar-refractivity contribution in [1.82, 2.24) is 4.90 Å².